The van der Waals surface area contributed by atoms with E-state index in [1.165, 1.54) is 0 Å². The molecule has 11 heteroatoms. The molecule has 30 heavy (non-hydrogen) atoms. The predicted octanol–water partition coefficient (Wildman–Crippen LogP) is 3.05. The number of carbonyl (C=O) groups excluding carboxylic acids is 4. The fraction of sp³-hybridized carbons (Fsp3) is 0.474. The van der Waals surface area contributed by atoms with Gasteiger partial charge in [0.1, 0.15) is 6.54 Å². The first kappa shape index (κ1) is 21.9. The van der Waals surface area contributed by atoms with Crippen molar-refractivity contribution in [2.24, 2.45) is 23.7 Å². The van der Waals surface area contributed by atoms with Gasteiger partial charge in [-0.25, -0.2) is 0 Å². The Morgan fingerprint density at radius 1 is 1.13 bits per heavy atom. The summed E-state index contributed by atoms with van der Waals surface area (Å²) >= 11 is 21.9. The summed E-state index contributed by atoms with van der Waals surface area (Å²) < 4.78 is 5.68. The number of imide groups is 1. The SMILES string of the molecule is O=C(COC(=O)CN1C(=O)[C@@H]2[C@H]3C[C@@H]([C@H](Cl)[C@H]3Cl)[C@H]2C1=O)Nc1ccc(Br)cc1Cl. The molecule has 1 saturated heterocycles. The number of alkyl halides is 2. The summed E-state index contributed by atoms with van der Waals surface area (Å²) in [4.78, 5) is 50.5. The number of ether oxygens (including phenoxy) is 1. The Bertz CT molecular complexity index is 913. The second-order valence-corrected chi connectivity index (χ2v) is 9.93. The third-order valence-corrected chi connectivity index (χ3v) is 8.06. The maximum Gasteiger partial charge on any atom is 0.326 e. The molecular weight excluding hydrogens is 522 g/mol. The lowest BCUT2D eigenvalue weighted by atomic mass is 9.80. The number of esters is 1. The Balaban J connectivity index is 1.32. The van der Waals surface area contributed by atoms with E-state index in [2.05, 4.69) is 21.2 Å². The van der Waals surface area contributed by atoms with Crippen molar-refractivity contribution in [3.63, 3.8) is 0 Å². The highest BCUT2D eigenvalue weighted by Crippen LogP contribution is 2.59. The van der Waals surface area contributed by atoms with E-state index < -0.39 is 48.7 Å². The van der Waals surface area contributed by atoms with Crippen LogP contribution in [0, 0.1) is 23.7 Å². The van der Waals surface area contributed by atoms with Crippen LogP contribution in [0.25, 0.3) is 0 Å². The smallest absolute Gasteiger partial charge is 0.326 e. The molecule has 0 radical (unpaired) electrons. The van der Waals surface area contributed by atoms with Crippen LogP contribution in [-0.4, -0.2) is 52.5 Å². The number of halogens is 4. The van der Waals surface area contributed by atoms with E-state index in [1.807, 2.05) is 0 Å². The third kappa shape index (κ3) is 3.72. The molecule has 0 aromatic heterocycles. The van der Waals surface area contributed by atoms with Gasteiger partial charge in [0.15, 0.2) is 6.61 Å². The van der Waals surface area contributed by atoms with Gasteiger partial charge < -0.3 is 10.1 Å². The maximum absolute atomic E-state index is 12.7. The Labute approximate surface area is 195 Å². The number of hydrogen-bond acceptors (Lipinski definition) is 5. The Morgan fingerprint density at radius 2 is 1.73 bits per heavy atom. The standard InChI is InChI=1S/C19H16BrCl3N2O5/c20-7-1-2-11(10(21)3-7)24-12(26)6-30-13(27)5-25-18(28)14-8-4-9(15(14)19(25)29)17(23)16(8)22/h1-3,8-9,14-17H,4-6H2,(H,24,26)/t8-,9-,14-,15-,16+,17+/m1/s1. The molecule has 160 valence electrons. The quantitative estimate of drug-likeness (QED) is 0.354. The molecule has 0 spiro atoms. The van der Waals surface area contributed by atoms with Crippen molar-refractivity contribution in [1.82, 2.24) is 4.90 Å². The fourth-order valence-corrected chi connectivity index (χ4v) is 6.28. The van der Waals surface area contributed by atoms with Crippen molar-refractivity contribution in [3.8, 4) is 0 Å². The van der Waals surface area contributed by atoms with Gasteiger partial charge in [-0.2, -0.15) is 0 Å². The lowest BCUT2D eigenvalue weighted by Crippen LogP contribution is -2.38. The highest BCUT2D eigenvalue weighted by molar-refractivity contribution is 9.10. The largest absolute Gasteiger partial charge is 0.454 e. The van der Waals surface area contributed by atoms with E-state index in [0.717, 1.165) is 9.37 Å². The molecule has 1 N–H and O–H groups in total. The highest BCUT2D eigenvalue weighted by atomic mass is 79.9. The number of benzene rings is 1. The summed E-state index contributed by atoms with van der Waals surface area (Å²) in [6, 6.07) is 4.89. The third-order valence-electron chi connectivity index (χ3n) is 5.94. The van der Waals surface area contributed by atoms with Crippen LogP contribution in [0.15, 0.2) is 22.7 Å². The van der Waals surface area contributed by atoms with Crippen LogP contribution in [0.3, 0.4) is 0 Å². The zero-order chi connectivity index (χ0) is 21.7. The first-order chi connectivity index (χ1) is 14.2. The second-order valence-electron chi connectivity index (χ2n) is 7.60. The average molecular weight is 539 g/mol. The van der Waals surface area contributed by atoms with Crippen molar-refractivity contribution in [3.05, 3.63) is 27.7 Å². The van der Waals surface area contributed by atoms with Gasteiger partial charge in [-0.1, -0.05) is 27.5 Å². The molecule has 3 aliphatic rings. The summed E-state index contributed by atoms with van der Waals surface area (Å²) in [5.74, 6) is -3.69. The molecule has 1 aromatic carbocycles. The van der Waals surface area contributed by atoms with Crippen LogP contribution < -0.4 is 5.32 Å². The van der Waals surface area contributed by atoms with Gasteiger partial charge in [-0.15, -0.1) is 23.2 Å². The topological polar surface area (TPSA) is 92.8 Å². The van der Waals surface area contributed by atoms with Crippen LogP contribution in [0.5, 0.6) is 0 Å². The minimum Gasteiger partial charge on any atom is -0.454 e. The number of rotatable bonds is 5. The zero-order valence-electron chi connectivity index (χ0n) is 15.3. The monoisotopic (exact) mass is 536 g/mol. The van der Waals surface area contributed by atoms with Crippen LogP contribution in [0.2, 0.25) is 5.02 Å². The summed E-state index contributed by atoms with van der Waals surface area (Å²) in [6.45, 7) is -1.12. The molecule has 2 bridgehead atoms. The highest BCUT2D eigenvalue weighted by Gasteiger charge is 2.66. The van der Waals surface area contributed by atoms with Crippen LogP contribution in [0.4, 0.5) is 5.69 Å². The fourth-order valence-electron chi connectivity index (χ4n) is 4.66. The molecular formula is C19H16BrCl3N2O5. The Morgan fingerprint density at radius 3 is 2.30 bits per heavy atom. The number of hydrogen-bond donors (Lipinski definition) is 1. The van der Waals surface area contributed by atoms with Gasteiger partial charge in [-0.3, -0.25) is 24.1 Å². The van der Waals surface area contributed by atoms with E-state index in [4.69, 9.17) is 39.5 Å². The molecule has 3 fully saturated rings. The van der Waals surface area contributed by atoms with Gasteiger partial charge >= 0.3 is 5.97 Å². The molecule has 7 nitrogen and oxygen atoms in total. The number of fused-ring (bicyclic) bond motifs is 5. The number of anilines is 1. The van der Waals surface area contributed by atoms with E-state index in [9.17, 15) is 19.2 Å². The molecule has 3 amide bonds. The minimum absolute atomic E-state index is 0.164. The number of likely N-dealkylation sites (tertiary alicyclic amines) is 1. The second kappa shape index (κ2) is 8.30. The summed E-state index contributed by atoms with van der Waals surface area (Å²) in [6.07, 6.45) is 0.645. The first-order valence-corrected chi connectivity index (χ1v) is 11.3. The Kier molecular flexibility index (Phi) is 6.05. The molecule has 2 saturated carbocycles. The molecule has 2 aliphatic carbocycles. The van der Waals surface area contributed by atoms with E-state index in [1.54, 1.807) is 18.2 Å². The van der Waals surface area contributed by atoms with E-state index in [0.29, 0.717) is 17.1 Å². The predicted molar refractivity (Wildman–Crippen MR) is 113 cm³/mol. The van der Waals surface area contributed by atoms with Crippen LogP contribution in [0.1, 0.15) is 6.42 Å². The van der Waals surface area contributed by atoms with Crippen molar-refractivity contribution in [2.45, 2.75) is 17.2 Å². The summed E-state index contributed by atoms with van der Waals surface area (Å²) in [5.41, 5.74) is 0.361. The van der Waals surface area contributed by atoms with Crippen molar-refractivity contribution in [2.75, 3.05) is 18.5 Å². The summed E-state index contributed by atoms with van der Waals surface area (Å²) in [7, 11) is 0. The molecule has 1 aliphatic heterocycles. The van der Waals surface area contributed by atoms with Gasteiger partial charge in [-0.05, 0) is 36.5 Å². The average Bonchev–Trinajstić information content (AvgIpc) is 3.29. The lowest BCUT2D eigenvalue weighted by Gasteiger charge is -2.28. The molecule has 1 aromatic rings. The minimum atomic E-state index is -0.856. The lowest BCUT2D eigenvalue weighted by molar-refractivity contribution is -0.154. The molecule has 6 atom stereocenters. The van der Waals surface area contributed by atoms with Gasteiger partial charge in [0.25, 0.3) is 5.91 Å². The Hall–Kier alpha value is -1.35. The van der Waals surface area contributed by atoms with Gasteiger partial charge in [0.2, 0.25) is 11.8 Å². The van der Waals surface area contributed by atoms with Crippen molar-refractivity contribution < 1.29 is 23.9 Å². The number of nitrogens with one attached hydrogen (secondary N) is 1. The molecule has 0 unspecified atom stereocenters. The first-order valence-electron chi connectivity index (χ1n) is 9.23. The number of amides is 3. The molecule has 1 heterocycles. The summed E-state index contributed by atoms with van der Waals surface area (Å²) in [5, 5.41) is 2.10. The van der Waals surface area contributed by atoms with Crippen molar-refractivity contribution in [1.29, 1.82) is 0 Å². The number of nitrogens with zero attached hydrogens (tertiary/aromatic N) is 1. The maximum atomic E-state index is 12.7. The molecule has 4 rings (SSSR count). The van der Waals surface area contributed by atoms with E-state index in [-0.39, 0.29) is 22.6 Å². The van der Waals surface area contributed by atoms with Crippen LogP contribution in [-0.2, 0) is 23.9 Å². The van der Waals surface area contributed by atoms with Gasteiger partial charge in [0, 0.05) is 4.47 Å². The van der Waals surface area contributed by atoms with Crippen LogP contribution >= 0.6 is 50.7 Å². The van der Waals surface area contributed by atoms with Crippen molar-refractivity contribution >= 4 is 80.1 Å². The van der Waals surface area contributed by atoms with Gasteiger partial charge in [0.05, 0.1) is 33.3 Å². The normalized spacial score (nSPS) is 31.8. The van der Waals surface area contributed by atoms with E-state index >= 15 is 0 Å². The number of carbonyl (C=O) groups is 4. The zero-order valence-corrected chi connectivity index (χ0v) is 19.2.